The Morgan fingerprint density at radius 1 is 0.833 bits per heavy atom. The molecule has 0 N–H and O–H groups in total. The molecule has 0 radical (unpaired) electrons. The van der Waals surface area contributed by atoms with Crippen LogP contribution in [0.1, 0.15) is 5.56 Å². The number of hydrogen-bond acceptors (Lipinski definition) is 4. The van der Waals surface area contributed by atoms with Gasteiger partial charge in [0.1, 0.15) is 5.69 Å². The molecular formula is C20H22N4. The molecule has 122 valence electrons. The quantitative estimate of drug-likeness (QED) is 0.725. The maximum atomic E-state index is 4.62. The number of nitrogens with zero attached hydrogens (tertiary/aromatic N) is 4. The van der Waals surface area contributed by atoms with E-state index < -0.39 is 0 Å². The highest BCUT2D eigenvalue weighted by Crippen LogP contribution is 2.31. The topological polar surface area (TPSA) is 32.3 Å². The van der Waals surface area contributed by atoms with Crippen LogP contribution in [0.5, 0.6) is 0 Å². The van der Waals surface area contributed by atoms with E-state index in [1.54, 1.807) is 0 Å². The van der Waals surface area contributed by atoms with Crippen molar-refractivity contribution in [3.63, 3.8) is 0 Å². The molecule has 0 spiro atoms. The molecule has 2 heterocycles. The number of aryl methyl sites for hydroxylation is 1. The lowest BCUT2D eigenvalue weighted by atomic mass is 10.0. The number of aromatic nitrogens is 2. The highest BCUT2D eigenvalue weighted by Gasteiger charge is 2.19. The third-order valence-corrected chi connectivity index (χ3v) is 4.76. The van der Waals surface area contributed by atoms with Crippen molar-refractivity contribution >= 4 is 16.6 Å². The lowest BCUT2D eigenvalue weighted by Crippen LogP contribution is -2.45. The molecule has 1 aromatic heterocycles. The molecule has 3 aromatic rings. The predicted molar refractivity (Wildman–Crippen MR) is 99.4 cm³/mol. The highest BCUT2D eigenvalue weighted by molar-refractivity contribution is 6.00. The fraction of sp³-hybridized carbons (Fsp3) is 0.300. The van der Waals surface area contributed by atoms with Gasteiger partial charge in [0.05, 0.1) is 0 Å². The van der Waals surface area contributed by atoms with Crippen LogP contribution in [-0.2, 0) is 0 Å². The molecule has 1 fully saturated rings. The van der Waals surface area contributed by atoms with Gasteiger partial charge in [-0.15, -0.1) is 10.2 Å². The van der Waals surface area contributed by atoms with Crippen molar-refractivity contribution in [2.45, 2.75) is 6.92 Å². The molecule has 2 aromatic carbocycles. The number of anilines is 1. The molecule has 4 heteroatoms. The summed E-state index contributed by atoms with van der Waals surface area (Å²) in [6.07, 6.45) is 0. The van der Waals surface area contributed by atoms with Crippen molar-refractivity contribution in [2.75, 3.05) is 38.1 Å². The van der Waals surface area contributed by atoms with Gasteiger partial charge in [0.15, 0.2) is 5.82 Å². The highest BCUT2D eigenvalue weighted by atomic mass is 15.3. The van der Waals surface area contributed by atoms with Gasteiger partial charge in [0.2, 0.25) is 0 Å². The van der Waals surface area contributed by atoms with E-state index in [1.807, 2.05) is 0 Å². The van der Waals surface area contributed by atoms with Gasteiger partial charge >= 0.3 is 0 Å². The Morgan fingerprint density at radius 3 is 2.33 bits per heavy atom. The summed E-state index contributed by atoms with van der Waals surface area (Å²) in [6, 6.07) is 17.0. The van der Waals surface area contributed by atoms with Crippen LogP contribution >= 0.6 is 0 Å². The normalized spacial score (nSPS) is 15.8. The molecule has 0 saturated carbocycles. The number of piperazine rings is 1. The van der Waals surface area contributed by atoms with Crippen molar-refractivity contribution in [1.82, 2.24) is 15.1 Å². The Hall–Kier alpha value is -2.46. The fourth-order valence-electron chi connectivity index (χ4n) is 3.35. The van der Waals surface area contributed by atoms with Crippen LogP contribution in [0.3, 0.4) is 0 Å². The molecular weight excluding hydrogens is 296 g/mol. The first-order valence-corrected chi connectivity index (χ1v) is 8.48. The van der Waals surface area contributed by atoms with Gasteiger partial charge < -0.3 is 9.80 Å². The number of likely N-dealkylation sites (N-methyl/N-ethyl adjacent to an activating group) is 1. The largest absolute Gasteiger partial charge is 0.352 e. The zero-order chi connectivity index (χ0) is 16.5. The summed E-state index contributed by atoms with van der Waals surface area (Å²) in [4.78, 5) is 4.71. The van der Waals surface area contributed by atoms with Crippen LogP contribution in [-0.4, -0.2) is 48.3 Å². The van der Waals surface area contributed by atoms with Crippen LogP contribution in [0.2, 0.25) is 0 Å². The summed E-state index contributed by atoms with van der Waals surface area (Å²) >= 11 is 0. The van der Waals surface area contributed by atoms with E-state index in [2.05, 4.69) is 82.5 Å². The van der Waals surface area contributed by atoms with E-state index in [-0.39, 0.29) is 0 Å². The van der Waals surface area contributed by atoms with Crippen LogP contribution < -0.4 is 4.90 Å². The monoisotopic (exact) mass is 318 g/mol. The second-order valence-electron chi connectivity index (χ2n) is 6.58. The minimum absolute atomic E-state index is 0.965. The Morgan fingerprint density at radius 2 is 1.58 bits per heavy atom. The maximum absolute atomic E-state index is 4.62. The average molecular weight is 318 g/mol. The van der Waals surface area contributed by atoms with Crippen molar-refractivity contribution in [3.05, 3.63) is 54.1 Å². The van der Waals surface area contributed by atoms with E-state index in [0.717, 1.165) is 43.3 Å². The van der Waals surface area contributed by atoms with Crippen LogP contribution in [0, 0.1) is 6.92 Å². The molecule has 24 heavy (non-hydrogen) atoms. The molecule has 4 nitrogen and oxygen atoms in total. The molecule has 0 bridgehead atoms. The second kappa shape index (κ2) is 6.21. The number of rotatable bonds is 2. The minimum Gasteiger partial charge on any atom is -0.352 e. The van der Waals surface area contributed by atoms with Gasteiger partial charge in [-0.25, -0.2) is 0 Å². The standard InChI is InChI=1S/C20H22N4/c1-15-6-5-7-16(14-15)19-17-8-3-4-9-18(17)20(22-21-19)24-12-10-23(2)11-13-24/h3-9,14H,10-13H2,1-2H3. The summed E-state index contributed by atoms with van der Waals surface area (Å²) in [7, 11) is 2.17. The zero-order valence-electron chi connectivity index (χ0n) is 14.2. The van der Waals surface area contributed by atoms with Gasteiger partial charge in [-0.3, -0.25) is 0 Å². The van der Waals surface area contributed by atoms with E-state index in [9.17, 15) is 0 Å². The molecule has 1 saturated heterocycles. The molecule has 0 atom stereocenters. The van der Waals surface area contributed by atoms with E-state index in [4.69, 9.17) is 0 Å². The third kappa shape index (κ3) is 2.74. The van der Waals surface area contributed by atoms with Gasteiger partial charge in [0, 0.05) is 42.5 Å². The van der Waals surface area contributed by atoms with Gasteiger partial charge in [-0.05, 0) is 20.0 Å². The van der Waals surface area contributed by atoms with Gasteiger partial charge in [-0.1, -0.05) is 48.0 Å². The Kier molecular flexibility index (Phi) is 3.90. The van der Waals surface area contributed by atoms with Crippen LogP contribution in [0.15, 0.2) is 48.5 Å². The van der Waals surface area contributed by atoms with E-state index in [0.29, 0.717) is 0 Å². The predicted octanol–water partition coefficient (Wildman–Crippen LogP) is 3.36. The van der Waals surface area contributed by atoms with E-state index >= 15 is 0 Å². The molecule has 0 unspecified atom stereocenters. The smallest absolute Gasteiger partial charge is 0.159 e. The Balaban J connectivity index is 1.83. The van der Waals surface area contributed by atoms with Crippen molar-refractivity contribution in [3.8, 4) is 11.3 Å². The summed E-state index contributed by atoms with van der Waals surface area (Å²) in [5.74, 6) is 1.01. The number of fused-ring (bicyclic) bond motifs is 1. The minimum atomic E-state index is 0.965. The third-order valence-electron chi connectivity index (χ3n) is 4.76. The summed E-state index contributed by atoms with van der Waals surface area (Å²) < 4.78 is 0. The Bertz CT molecular complexity index is 866. The van der Waals surface area contributed by atoms with Gasteiger partial charge in [-0.2, -0.15) is 0 Å². The van der Waals surface area contributed by atoms with Crippen LogP contribution in [0.25, 0.3) is 22.0 Å². The van der Waals surface area contributed by atoms with E-state index in [1.165, 1.54) is 16.3 Å². The summed E-state index contributed by atoms with van der Waals surface area (Å²) in [6.45, 7) is 6.24. The van der Waals surface area contributed by atoms with Crippen molar-refractivity contribution in [2.24, 2.45) is 0 Å². The number of benzene rings is 2. The number of hydrogen-bond donors (Lipinski definition) is 0. The first-order chi connectivity index (χ1) is 11.7. The average Bonchev–Trinajstić information content (AvgIpc) is 2.62. The molecule has 1 aliphatic rings. The van der Waals surface area contributed by atoms with Crippen molar-refractivity contribution in [1.29, 1.82) is 0 Å². The first-order valence-electron chi connectivity index (χ1n) is 8.48. The molecule has 0 amide bonds. The van der Waals surface area contributed by atoms with Gasteiger partial charge in [0.25, 0.3) is 0 Å². The Labute approximate surface area is 142 Å². The zero-order valence-corrected chi connectivity index (χ0v) is 14.2. The lowest BCUT2D eigenvalue weighted by Gasteiger charge is -2.33. The summed E-state index contributed by atoms with van der Waals surface area (Å²) in [5, 5.41) is 11.6. The lowest BCUT2D eigenvalue weighted by molar-refractivity contribution is 0.312. The maximum Gasteiger partial charge on any atom is 0.159 e. The SMILES string of the molecule is Cc1cccc(-c2nnc(N3CCN(C)CC3)c3ccccc23)c1. The first kappa shape index (κ1) is 15.1. The van der Waals surface area contributed by atoms with Crippen LogP contribution in [0.4, 0.5) is 5.82 Å². The summed E-state index contributed by atoms with van der Waals surface area (Å²) in [5.41, 5.74) is 3.33. The molecule has 0 aliphatic carbocycles. The van der Waals surface area contributed by atoms with Crippen molar-refractivity contribution < 1.29 is 0 Å². The second-order valence-corrected chi connectivity index (χ2v) is 6.58. The fourth-order valence-corrected chi connectivity index (χ4v) is 3.35. The molecule has 1 aliphatic heterocycles. The molecule has 4 rings (SSSR count).